The SMILES string of the molecule is CCOC(=O)c1ccnc(-c2cc(-c3cccc(Cl)c3)nn2C=O)n1. The molecule has 0 atom stereocenters. The average molecular weight is 357 g/mol. The van der Waals surface area contributed by atoms with Crippen LogP contribution in [0, 0.1) is 0 Å². The summed E-state index contributed by atoms with van der Waals surface area (Å²) in [5, 5.41) is 4.78. The molecule has 3 aromatic rings. The van der Waals surface area contributed by atoms with Crippen LogP contribution in [0.3, 0.4) is 0 Å². The summed E-state index contributed by atoms with van der Waals surface area (Å²) in [6, 6.07) is 10.2. The van der Waals surface area contributed by atoms with E-state index in [-0.39, 0.29) is 18.1 Å². The van der Waals surface area contributed by atoms with E-state index in [0.29, 0.717) is 22.8 Å². The highest BCUT2D eigenvalue weighted by Gasteiger charge is 2.16. The van der Waals surface area contributed by atoms with E-state index in [1.807, 2.05) is 6.07 Å². The van der Waals surface area contributed by atoms with Gasteiger partial charge < -0.3 is 4.74 Å². The third-order valence-electron chi connectivity index (χ3n) is 3.33. The minimum absolute atomic E-state index is 0.106. The molecule has 2 heterocycles. The van der Waals surface area contributed by atoms with Crippen LogP contribution in [-0.2, 0) is 9.53 Å². The van der Waals surface area contributed by atoms with Gasteiger partial charge in [0.1, 0.15) is 5.69 Å². The number of halogens is 1. The Labute approximate surface area is 148 Å². The van der Waals surface area contributed by atoms with Crippen molar-refractivity contribution >= 4 is 24.0 Å². The quantitative estimate of drug-likeness (QED) is 0.516. The van der Waals surface area contributed by atoms with Crippen LogP contribution in [0.2, 0.25) is 5.02 Å². The number of hydrogen-bond acceptors (Lipinski definition) is 6. The number of rotatable bonds is 5. The van der Waals surface area contributed by atoms with Gasteiger partial charge in [0.2, 0.25) is 6.41 Å². The Hall–Kier alpha value is -3.06. The van der Waals surface area contributed by atoms with E-state index in [0.717, 1.165) is 10.2 Å². The summed E-state index contributed by atoms with van der Waals surface area (Å²) in [4.78, 5) is 31.5. The normalized spacial score (nSPS) is 10.5. The molecular formula is C17H13ClN4O3. The van der Waals surface area contributed by atoms with E-state index in [1.165, 1.54) is 12.3 Å². The Bertz CT molecular complexity index is 939. The van der Waals surface area contributed by atoms with Gasteiger partial charge in [-0.15, -0.1) is 0 Å². The Kier molecular flexibility index (Phi) is 4.85. The molecule has 0 radical (unpaired) electrons. The second kappa shape index (κ2) is 7.23. The number of aromatic nitrogens is 4. The molecule has 0 aliphatic rings. The summed E-state index contributed by atoms with van der Waals surface area (Å²) in [7, 11) is 0. The van der Waals surface area contributed by atoms with Gasteiger partial charge in [0.15, 0.2) is 11.5 Å². The van der Waals surface area contributed by atoms with Crippen LogP contribution in [-0.4, -0.2) is 38.7 Å². The maximum atomic E-state index is 11.8. The zero-order chi connectivity index (χ0) is 17.8. The number of esters is 1. The van der Waals surface area contributed by atoms with Crippen LogP contribution >= 0.6 is 11.6 Å². The molecule has 0 bridgehead atoms. The standard InChI is InChI=1S/C17H13ClN4O3/c1-2-25-17(24)13-6-7-19-16(20-13)15-9-14(21-22(15)10-23)11-4-3-5-12(18)8-11/h3-10H,2H2,1H3. The lowest BCUT2D eigenvalue weighted by Gasteiger charge is -2.03. The average Bonchev–Trinajstić information content (AvgIpc) is 3.06. The van der Waals surface area contributed by atoms with Crippen LogP contribution in [0.4, 0.5) is 0 Å². The predicted molar refractivity (Wildman–Crippen MR) is 91.8 cm³/mol. The fourth-order valence-electron chi connectivity index (χ4n) is 2.23. The van der Waals surface area contributed by atoms with Crippen LogP contribution in [0.25, 0.3) is 22.8 Å². The molecular weight excluding hydrogens is 344 g/mol. The molecule has 25 heavy (non-hydrogen) atoms. The van der Waals surface area contributed by atoms with Gasteiger partial charge in [0.25, 0.3) is 0 Å². The van der Waals surface area contributed by atoms with E-state index >= 15 is 0 Å². The van der Waals surface area contributed by atoms with E-state index in [4.69, 9.17) is 16.3 Å². The molecule has 0 spiro atoms. The van der Waals surface area contributed by atoms with Gasteiger partial charge in [0.05, 0.1) is 12.3 Å². The minimum atomic E-state index is -0.557. The van der Waals surface area contributed by atoms with Gasteiger partial charge in [-0.05, 0) is 31.2 Å². The van der Waals surface area contributed by atoms with Crippen molar-refractivity contribution in [1.29, 1.82) is 0 Å². The number of carbonyl (C=O) groups is 2. The third-order valence-corrected chi connectivity index (χ3v) is 3.56. The summed E-state index contributed by atoms with van der Waals surface area (Å²) >= 11 is 6.00. The van der Waals surface area contributed by atoms with E-state index in [9.17, 15) is 9.59 Å². The predicted octanol–water partition coefficient (Wildman–Crippen LogP) is 2.88. The molecule has 7 nitrogen and oxygen atoms in total. The van der Waals surface area contributed by atoms with Crippen molar-refractivity contribution < 1.29 is 14.3 Å². The van der Waals surface area contributed by atoms with Gasteiger partial charge in [-0.3, -0.25) is 4.79 Å². The van der Waals surface area contributed by atoms with Crippen molar-refractivity contribution in [3.63, 3.8) is 0 Å². The fraction of sp³-hybridized carbons (Fsp3) is 0.118. The monoisotopic (exact) mass is 356 g/mol. The second-order valence-corrected chi connectivity index (χ2v) is 5.40. The van der Waals surface area contributed by atoms with Crippen LogP contribution in [0.5, 0.6) is 0 Å². The number of carbonyl (C=O) groups excluding carboxylic acids is 2. The summed E-state index contributed by atoms with van der Waals surface area (Å²) in [6.07, 6.45) is 1.97. The molecule has 3 rings (SSSR count). The molecule has 8 heteroatoms. The Morgan fingerprint density at radius 3 is 2.88 bits per heavy atom. The zero-order valence-electron chi connectivity index (χ0n) is 13.2. The maximum Gasteiger partial charge on any atom is 0.357 e. The fourth-order valence-corrected chi connectivity index (χ4v) is 2.42. The third kappa shape index (κ3) is 3.56. The molecule has 0 unspecified atom stereocenters. The molecule has 0 aliphatic carbocycles. The first-order valence-electron chi connectivity index (χ1n) is 7.43. The van der Waals surface area contributed by atoms with Crippen molar-refractivity contribution in [3.8, 4) is 22.8 Å². The Balaban J connectivity index is 2.04. The minimum Gasteiger partial charge on any atom is -0.461 e. The highest BCUT2D eigenvalue weighted by Crippen LogP contribution is 2.25. The molecule has 126 valence electrons. The van der Waals surface area contributed by atoms with E-state index in [1.54, 1.807) is 31.2 Å². The number of benzene rings is 1. The molecule has 0 N–H and O–H groups in total. The van der Waals surface area contributed by atoms with E-state index in [2.05, 4.69) is 15.1 Å². The van der Waals surface area contributed by atoms with Crippen LogP contribution in [0.1, 0.15) is 17.4 Å². The van der Waals surface area contributed by atoms with Gasteiger partial charge in [0, 0.05) is 16.8 Å². The lowest BCUT2D eigenvalue weighted by Crippen LogP contribution is -2.09. The summed E-state index contributed by atoms with van der Waals surface area (Å²) in [5.41, 5.74) is 1.75. The van der Waals surface area contributed by atoms with Crippen molar-refractivity contribution in [2.24, 2.45) is 0 Å². The van der Waals surface area contributed by atoms with Crippen LogP contribution < -0.4 is 0 Å². The summed E-state index contributed by atoms with van der Waals surface area (Å²) < 4.78 is 6.04. The van der Waals surface area contributed by atoms with Gasteiger partial charge >= 0.3 is 5.97 Å². The molecule has 0 saturated carbocycles. The first-order chi connectivity index (χ1) is 12.1. The van der Waals surface area contributed by atoms with Gasteiger partial charge in [-0.1, -0.05) is 23.7 Å². The molecule has 0 amide bonds. The highest BCUT2D eigenvalue weighted by molar-refractivity contribution is 6.30. The van der Waals surface area contributed by atoms with Crippen molar-refractivity contribution in [2.45, 2.75) is 6.92 Å². The maximum absolute atomic E-state index is 11.8. The first-order valence-corrected chi connectivity index (χ1v) is 7.81. The number of hydrogen-bond donors (Lipinski definition) is 0. The van der Waals surface area contributed by atoms with Crippen molar-refractivity contribution in [3.05, 3.63) is 53.3 Å². The number of nitrogens with zero attached hydrogens (tertiary/aromatic N) is 4. The smallest absolute Gasteiger partial charge is 0.357 e. The Morgan fingerprint density at radius 1 is 1.32 bits per heavy atom. The Morgan fingerprint density at radius 2 is 2.16 bits per heavy atom. The first kappa shape index (κ1) is 16.8. The molecule has 1 aromatic carbocycles. The van der Waals surface area contributed by atoms with Gasteiger partial charge in [-0.25, -0.2) is 14.8 Å². The molecule has 2 aromatic heterocycles. The van der Waals surface area contributed by atoms with Gasteiger partial charge in [-0.2, -0.15) is 9.78 Å². The summed E-state index contributed by atoms with van der Waals surface area (Å²) in [6.45, 7) is 1.95. The molecule has 0 fully saturated rings. The lowest BCUT2D eigenvalue weighted by molar-refractivity contribution is 0.0519. The number of ether oxygens (including phenoxy) is 1. The highest BCUT2D eigenvalue weighted by atomic mass is 35.5. The zero-order valence-corrected chi connectivity index (χ0v) is 14.0. The largest absolute Gasteiger partial charge is 0.461 e. The topological polar surface area (TPSA) is 87.0 Å². The second-order valence-electron chi connectivity index (χ2n) is 4.96. The van der Waals surface area contributed by atoms with E-state index < -0.39 is 5.97 Å². The van der Waals surface area contributed by atoms with Crippen LogP contribution in [0.15, 0.2) is 42.6 Å². The molecule has 0 saturated heterocycles. The molecule has 0 aliphatic heterocycles. The van der Waals surface area contributed by atoms with Crippen molar-refractivity contribution in [2.75, 3.05) is 6.61 Å². The lowest BCUT2D eigenvalue weighted by atomic mass is 10.1. The summed E-state index contributed by atoms with van der Waals surface area (Å²) in [5.74, 6) is -0.364. The van der Waals surface area contributed by atoms with Crippen molar-refractivity contribution in [1.82, 2.24) is 19.7 Å².